The van der Waals surface area contributed by atoms with Crippen LogP contribution in [0.1, 0.15) is 11.1 Å². The molecule has 0 unspecified atom stereocenters. The predicted molar refractivity (Wildman–Crippen MR) is 77.6 cm³/mol. The highest BCUT2D eigenvalue weighted by Gasteiger charge is 1.99. The number of hydrogen-bond donors (Lipinski definition) is 2. The van der Waals surface area contributed by atoms with E-state index in [0.717, 1.165) is 11.1 Å². The molecule has 4 nitrogen and oxygen atoms in total. The van der Waals surface area contributed by atoms with Gasteiger partial charge < -0.3 is 19.7 Å². The Kier molecular flexibility index (Phi) is 4.63. The van der Waals surface area contributed by atoms with Gasteiger partial charge in [-0.1, -0.05) is 24.3 Å². The fourth-order valence-electron chi connectivity index (χ4n) is 1.69. The molecule has 0 fully saturated rings. The third-order valence-electron chi connectivity index (χ3n) is 2.62. The fraction of sp³-hybridized carbons (Fsp3) is 0.125. The third kappa shape index (κ3) is 4.03. The second kappa shape index (κ2) is 6.63. The van der Waals surface area contributed by atoms with Crippen LogP contribution in [0.5, 0.6) is 17.2 Å². The molecular weight excluding hydrogens is 256 g/mol. The average molecular weight is 272 g/mol. The fourth-order valence-corrected chi connectivity index (χ4v) is 1.69. The lowest BCUT2D eigenvalue weighted by Gasteiger charge is -2.06. The smallest absolute Gasteiger partial charge is 0.188 e. The molecule has 0 aliphatic carbocycles. The van der Waals surface area contributed by atoms with E-state index in [1.165, 1.54) is 13.2 Å². The van der Waals surface area contributed by atoms with Crippen molar-refractivity contribution in [3.8, 4) is 17.2 Å². The van der Waals surface area contributed by atoms with Crippen LogP contribution in [0, 0.1) is 0 Å². The number of hydrogen-bond acceptors (Lipinski definition) is 4. The van der Waals surface area contributed by atoms with Crippen LogP contribution < -0.4 is 4.74 Å². The summed E-state index contributed by atoms with van der Waals surface area (Å²) in [6, 6.07) is 11.8. The first-order chi connectivity index (χ1) is 9.67. The molecule has 0 radical (unpaired) electrons. The number of methoxy groups -OCH3 is 1. The van der Waals surface area contributed by atoms with E-state index >= 15 is 0 Å². The minimum absolute atomic E-state index is 0.129. The summed E-state index contributed by atoms with van der Waals surface area (Å²) in [5.74, 6) is 0.899. The van der Waals surface area contributed by atoms with Crippen LogP contribution in [0.25, 0.3) is 12.2 Å². The molecule has 0 saturated heterocycles. The van der Waals surface area contributed by atoms with Gasteiger partial charge in [0, 0.05) is 13.2 Å². The summed E-state index contributed by atoms with van der Waals surface area (Å²) in [4.78, 5) is 0. The van der Waals surface area contributed by atoms with Gasteiger partial charge in [0.15, 0.2) is 6.79 Å². The van der Waals surface area contributed by atoms with Crippen molar-refractivity contribution in [1.29, 1.82) is 0 Å². The summed E-state index contributed by atoms with van der Waals surface area (Å²) in [5.41, 5.74) is 1.76. The molecule has 0 bridgehead atoms. The van der Waals surface area contributed by atoms with E-state index in [1.807, 2.05) is 12.2 Å². The summed E-state index contributed by atoms with van der Waals surface area (Å²) < 4.78 is 10.1. The van der Waals surface area contributed by atoms with Crippen LogP contribution >= 0.6 is 0 Å². The highest BCUT2D eigenvalue weighted by Crippen LogP contribution is 2.23. The van der Waals surface area contributed by atoms with E-state index in [4.69, 9.17) is 9.47 Å². The highest BCUT2D eigenvalue weighted by atomic mass is 16.7. The molecule has 2 aromatic carbocycles. The van der Waals surface area contributed by atoms with Crippen molar-refractivity contribution in [2.24, 2.45) is 0 Å². The number of aromatic hydroxyl groups is 2. The predicted octanol–water partition coefficient (Wildman–Crippen LogP) is 3.25. The second-order valence-electron chi connectivity index (χ2n) is 4.24. The van der Waals surface area contributed by atoms with E-state index in [-0.39, 0.29) is 18.3 Å². The summed E-state index contributed by atoms with van der Waals surface area (Å²) in [6.07, 6.45) is 3.74. The lowest BCUT2D eigenvalue weighted by atomic mass is 10.1. The van der Waals surface area contributed by atoms with Crippen LogP contribution in [-0.2, 0) is 4.74 Å². The zero-order valence-corrected chi connectivity index (χ0v) is 11.1. The average Bonchev–Trinajstić information content (AvgIpc) is 2.44. The molecule has 0 aromatic heterocycles. The Morgan fingerprint density at radius 3 is 2.30 bits per heavy atom. The molecule has 0 spiro atoms. The van der Waals surface area contributed by atoms with Gasteiger partial charge in [-0.15, -0.1) is 0 Å². The van der Waals surface area contributed by atoms with Gasteiger partial charge in [-0.2, -0.15) is 0 Å². The number of phenolic OH excluding ortho intramolecular Hbond substituents is 2. The Morgan fingerprint density at radius 1 is 0.900 bits per heavy atom. The van der Waals surface area contributed by atoms with Crippen LogP contribution in [0.15, 0.2) is 42.5 Å². The van der Waals surface area contributed by atoms with Gasteiger partial charge in [-0.05, 0) is 35.4 Å². The minimum atomic E-state index is 0.129. The Morgan fingerprint density at radius 2 is 1.60 bits per heavy atom. The third-order valence-corrected chi connectivity index (χ3v) is 2.62. The summed E-state index contributed by atoms with van der Waals surface area (Å²) in [7, 11) is 1.54. The topological polar surface area (TPSA) is 58.9 Å². The lowest BCUT2D eigenvalue weighted by Crippen LogP contribution is -1.98. The Labute approximate surface area is 117 Å². The van der Waals surface area contributed by atoms with Crippen LogP contribution in [-0.4, -0.2) is 24.1 Å². The van der Waals surface area contributed by atoms with Crippen LogP contribution in [0.2, 0.25) is 0 Å². The van der Waals surface area contributed by atoms with E-state index in [0.29, 0.717) is 5.75 Å². The van der Waals surface area contributed by atoms with Crippen molar-refractivity contribution < 1.29 is 19.7 Å². The van der Waals surface area contributed by atoms with Gasteiger partial charge >= 0.3 is 0 Å². The summed E-state index contributed by atoms with van der Waals surface area (Å²) in [6.45, 7) is 0.130. The quantitative estimate of drug-likeness (QED) is 0.648. The van der Waals surface area contributed by atoms with Crippen LogP contribution in [0.3, 0.4) is 0 Å². The van der Waals surface area contributed by atoms with Gasteiger partial charge in [-0.25, -0.2) is 0 Å². The Balaban J connectivity index is 2.15. The number of benzene rings is 2. The van der Waals surface area contributed by atoms with E-state index < -0.39 is 0 Å². The molecule has 2 aromatic rings. The van der Waals surface area contributed by atoms with E-state index in [9.17, 15) is 10.2 Å². The lowest BCUT2D eigenvalue weighted by molar-refractivity contribution is 0.0510. The summed E-state index contributed by atoms with van der Waals surface area (Å²) in [5, 5.41) is 18.9. The molecule has 0 atom stereocenters. The van der Waals surface area contributed by atoms with Crippen molar-refractivity contribution in [3.63, 3.8) is 0 Å². The molecule has 4 heteroatoms. The van der Waals surface area contributed by atoms with Crippen molar-refractivity contribution in [3.05, 3.63) is 53.6 Å². The monoisotopic (exact) mass is 272 g/mol. The van der Waals surface area contributed by atoms with Gasteiger partial charge in [0.1, 0.15) is 17.2 Å². The maximum Gasteiger partial charge on any atom is 0.188 e. The number of rotatable bonds is 5. The molecular formula is C16H16O4. The molecule has 0 aliphatic rings. The molecule has 20 heavy (non-hydrogen) atoms. The SMILES string of the molecule is COCOc1cc(O)cc(/C=C/c2ccc(O)cc2)c1. The molecule has 0 saturated carbocycles. The molecule has 104 valence electrons. The van der Waals surface area contributed by atoms with E-state index in [2.05, 4.69) is 0 Å². The van der Waals surface area contributed by atoms with Gasteiger partial charge in [-0.3, -0.25) is 0 Å². The van der Waals surface area contributed by atoms with Crippen molar-refractivity contribution in [2.75, 3.05) is 13.9 Å². The molecule has 0 amide bonds. The molecule has 2 N–H and O–H groups in total. The Hall–Kier alpha value is -2.46. The maximum absolute atomic E-state index is 9.64. The first-order valence-electron chi connectivity index (χ1n) is 6.10. The number of phenols is 2. The maximum atomic E-state index is 9.64. The van der Waals surface area contributed by atoms with Crippen LogP contribution in [0.4, 0.5) is 0 Å². The molecule has 0 aliphatic heterocycles. The first kappa shape index (κ1) is 14.0. The molecule has 0 heterocycles. The highest BCUT2D eigenvalue weighted by molar-refractivity contribution is 5.71. The van der Waals surface area contributed by atoms with Gasteiger partial charge in [0.05, 0.1) is 0 Å². The largest absolute Gasteiger partial charge is 0.508 e. The zero-order chi connectivity index (χ0) is 14.4. The normalized spacial score (nSPS) is 10.8. The van der Waals surface area contributed by atoms with Crippen molar-refractivity contribution in [1.82, 2.24) is 0 Å². The Bertz CT molecular complexity index is 588. The minimum Gasteiger partial charge on any atom is -0.508 e. The van der Waals surface area contributed by atoms with Gasteiger partial charge in [0.25, 0.3) is 0 Å². The standard InChI is InChI=1S/C16H16O4/c1-19-11-20-16-9-13(8-15(18)10-16)3-2-12-4-6-14(17)7-5-12/h2-10,17-18H,11H2,1H3/b3-2+. The second-order valence-corrected chi connectivity index (χ2v) is 4.24. The van der Waals surface area contributed by atoms with Gasteiger partial charge in [0.2, 0.25) is 0 Å². The van der Waals surface area contributed by atoms with E-state index in [1.54, 1.807) is 36.4 Å². The van der Waals surface area contributed by atoms with Crippen molar-refractivity contribution >= 4 is 12.2 Å². The first-order valence-corrected chi connectivity index (χ1v) is 6.10. The summed E-state index contributed by atoms with van der Waals surface area (Å²) >= 11 is 0. The zero-order valence-electron chi connectivity index (χ0n) is 11.1. The van der Waals surface area contributed by atoms with Crippen molar-refractivity contribution in [2.45, 2.75) is 0 Å². The molecule has 2 rings (SSSR count). The number of ether oxygens (including phenoxy) is 2.